The minimum absolute atomic E-state index is 0.317. The van der Waals surface area contributed by atoms with Crippen LogP contribution in [-0.4, -0.2) is 29.3 Å². The molecule has 1 aromatic heterocycles. The molecule has 0 amide bonds. The van der Waals surface area contributed by atoms with Gasteiger partial charge in [0, 0.05) is 30.8 Å². The summed E-state index contributed by atoms with van der Waals surface area (Å²) in [6, 6.07) is 12.0. The van der Waals surface area contributed by atoms with Gasteiger partial charge in [-0.1, -0.05) is 12.1 Å². The van der Waals surface area contributed by atoms with Gasteiger partial charge < -0.3 is 10.6 Å². The molecule has 2 heterocycles. The number of aromatic nitrogens is 2. The van der Waals surface area contributed by atoms with Crippen LogP contribution in [0.2, 0.25) is 0 Å². The summed E-state index contributed by atoms with van der Waals surface area (Å²) < 4.78 is 0. The Labute approximate surface area is 118 Å². The number of rotatable bonds is 2. The van der Waals surface area contributed by atoms with E-state index in [0.717, 1.165) is 43.0 Å². The highest BCUT2D eigenvalue weighted by Gasteiger charge is 2.18. The molecule has 5 nitrogen and oxygen atoms in total. The van der Waals surface area contributed by atoms with Crippen LogP contribution in [0.3, 0.4) is 0 Å². The van der Waals surface area contributed by atoms with E-state index in [-0.39, 0.29) is 0 Å². The molecule has 0 saturated carbocycles. The number of nitriles is 1. The fraction of sp³-hybridized carbons (Fsp3) is 0.333. The van der Waals surface area contributed by atoms with E-state index in [1.54, 1.807) is 6.07 Å². The number of nitrogens with one attached hydrogen (secondary N) is 1. The lowest BCUT2D eigenvalue weighted by molar-refractivity contribution is 0.498. The third-order valence-corrected chi connectivity index (χ3v) is 3.73. The number of nitrogens with zero attached hydrogens (tertiary/aromatic N) is 3. The minimum atomic E-state index is 0.317. The van der Waals surface area contributed by atoms with Crippen LogP contribution < -0.4 is 10.6 Å². The third-order valence-electron chi connectivity index (χ3n) is 3.73. The molecule has 0 spiro atoms. The zero-order chi connectivity index (χ0) is 13.9. The van der Waals surface area contributed by atoms with Gasteiger partial charge in [0.1, 0.15) is 0 Å². The lowest BCUT2D eigenvalue weighted by atomic mass is 10.1. The lowest BCUT2D eigenvalue weighted by Gasteiger charge is -2.29. The van der Waals surface area contributed by atoms with Gasteiger partial charge in [-0.3, -0.25) is 5.10 Å². The molecule has 102 valence electrons. The van der Waals surface area contributed by atoms with Gasteiger partial charge >= 0.3 is 0 Å². The second kappa shape index (κ2) is 5.35. The molecule has 1 aromatic carbocycles. The van der Waals surface area contributed by atoms with E-state index in [9.17, 15) is 0 Å². The standard InChI is InChI=1S/C15H17N5/c16-10-11-2-1-3-12(8-11)14-9-15(19-18-14)20-6-4-13(17)5-7-20/h1-3,8-9,13H,4-7,17H2,(H,18,19). The van der Waals surface area contributed by atoms with Crippen LogP contribution in [0.4, 0.5) is 5.82 Å². The second-order valence-corrected chi connectivity index (χ2v) is 5.16. The summed E-state index contributed by atoms with van der Waals surface area (Å²) in [5.41, 5.74) is 8.49. The van der Waals surface area contributed by atoms with Gasteiger partial charge in [0.25, 0.3) is 0 Å². The summed E-state index contributed by atoms with van der Waals surface area (Å²) in [5.74, 6) is 0.953. The van der Waals surface area contributed by atoms with Crippen molar-refractivity contribution >= 4 is 5.82 Å². The number of anilines is 1. The number of hydrogen-bond donors (Lipinski definition) is 2. The van der Waals surface area contributed by atoms with Crippen molar-refractivity contribution in [1.82, 2.24) is 10.2 Å². The first kappa shape index (κ1) is 12.7. The van der Waals surface area contributed by atoms with Crippen molar-refractivity contribution in [3.63, 3.8) is 0 Å². The first-order valence-electron chi connectivity index (χ1n) is 6.83. The van der Waals surface area contributed by atoms with Crippen LogP contribution in [-0.2, 0) is 0 Å². The highest BCUT2D eigenvalue weighted by molar-refractivity contribution is 5.64. The lowest BCUT2D eigenvalue weighted by Crippen LogP contribution is -2.39. The van der Waals surface area contributed by atoms with Gasteiger partial charge in [-0.05, 0) is 25.0 Å². The molecular weight excluding hydrogens is 250 g/mol. The Morgan fingerprint density at radius 2 is 2.10 bits per heavy atom. The Balaban J connectivity index is 1.81. The Morgan fingerprint density at radius 1 is 1.30 bits per heavy atom. The van der Waals surface area contributed by atoms with E-state index in [1.165, 1.54) is 0 Å². The molecule has 0 radical (unpaired) electrons. The van der Waals surface area contributed by atoms with Crippen LogP contribution in [0, 0.1) is 11.3 Å². The zero-order valence-electron chi connectivity index (χ0n) is 11.2. The Hall–Kier alpha value is -2.32. The van der Waals surface area contributed by atoms with Gasteiger partial charge in [0.2, 0.25) is 0 Å². The van der Waals surface area contributed by atoms with E-state index >= 15 is 0 Å². The van der Waals surface area contributed by atoms with Gasteiger partial charge in [-0.25, -0.2) is 0 Å². The average Bonchev–Trinajstić information content (AvgIpc) is 2.98. The predicted molar refractivity (Wildman–Crippen MR) is 78.2 cm³/mol. The van der Waals surface area contributed by atoms with Crippen LogP contribution in [0.15, 0.2) is 30.3 Å². The summed E-state index contributed by atoms with van der Waals surface area (Å²) in [6.45, 7) is 1.90. The van der Waals surface area contributed by atoms with Crippen LogP contribution in [0.25, 0.3) is 11.3 Å². The molecule has 0 atom stereocenters. The molecule has 3 rings (SSSR count). The SMILES string of the molecule is N#Cc1cccc(-c2cc(N3CCC(N)CC3)n[nH]2)c1. The fourth-order valence-corrected chi connectivity index (χ4v) is 2.51. The Bertz CT molecular complexity index is 632. The zero-order valence-corrected chi connectivity index (χ0v) is 11.2. The maximum absolute atomic E-state index is 8.95. The maximum atomic E-state index is 8.95. The van der Waals surface area contributed by atoms with E-state index in [4.69, 9.17) is 11.0 Å². The second-order valence-electron chi connectivity index (χ2n) is 5.16. The van der Waals surface area contributed by atoms with E-state index in [2.05, 4.69) is 21.2 Å². The molecule has 1 aliphatic heterocycles. The van der Waals surface area contributed by atoms with Gasteiger partial charge in [-0.15, -0.1) is 0 Å². The maximum Gasteiger partial charge on any atom is 0.150 e. The van der Waals surface area contributed by atoms with Gasteiger partial charge in [-0.2, -0.15) is 10.4 Å². The fourth-order valence-electron chi connectivity index (χ4n) is 2.51. The smallest absolute Gasteiger partial charge is 0.150 e. The van der Waals surface area contributed by atoms with Crippen molar-refractivity contribution in [2.75, 3.05) is 18.0 Å². The largest absolute Gasteiger partial charge is 0.355 e. The molecule has 0 unspecified atom stereocenters. The molecule has 20 heavy (non-hydrogen) atoms. The molecule has 0 bridgehead atoms. The molecule has 5 heteroatoms. The molecule has 1 fully saturated rings. The van der Waals surface area contributed by atoms with E-state index in [0.29, 0.717) is 11.6 Å². The molecular formula is C15H17N5. The molecule has 1 aliphatic rings. The number of benzene rings is 1. The summed E-state index contributed by atoms with van der Waals surface area (Å²) in [6.07, 6.45) is 2.01. The van der Waals surface area contributed by atoms with Crippen molar-refractivity contribution in [3.05, 3.63) is 35.9 Å². The molecule has 2 aromatic rings. The summed E-state index contributed by atoms with van der Waals surface area (Å²) in [5, 5.41) is 16.4. The molecule has 0 aliphatic carbocycles. The molecule has 3 N–H and O–H groups in total. The van der Waals surface area contributed by atoms with E-state index < -0.39 is 0 Å². The highest BCUT2D eigenvalue weighted by atomic mass is 15.3. The number of piperidine rings is 1. The topological polar surface area (TPSA) is 81.7 Å². The van der Waals surface area contributed by atoms with Crippen molar-refractivity contribution in [2.45, 2.75) is 18.9 Å². The quantitative estimate of drug-likeness (QED) is 0.870. The average molecular weight is 267 g/mol. The third kappa shape index (κ3) is 2.51. The van der Waals surface area contributed by atoms with Crippen LogP contribution >= 0.6 is 0 Å². The van der Waals surface area contributed by atoms with Crippen LogP contribution in [0.1, 0.15) is 18.4 Å². The first-order valence-corrected chi connectivity index (χ1v) is 6.83. The Kier molecular flexibility index (Phi) is 3.40. The predicted octanol–water partition coefficient (Wildman–Crippen LogP) is 1.88. The number of nitrogens with two attached hydrogens (primary N) is 1. The van der Waals surface area contributed by atoms with Crippen molar-refractivity contribution in [1.29, 1.82) is 5.26 Å². The minimum Gasteiger partial charge on any atom is -0.355 e. The van der Waals surface area contributed by atoms with Crippen molar-refractivity contribution in [2.24, 2.45) is 5.73 Å². The van der Waals surface area contributed by atoms with Crippen LogP contribution in [0.5, 0.6) is 0 Å². The summed E-state index contributed by atoms with van der Waals surface area (Å²) >= 11 is 0. The van der Waals surface area contributed by atoms with E-state index in [1.807, 2.05) is 24.3 Å². The van der Waals surface area contributed by atoms with Gasteiger partial charge in [0.15, 0.2) is 5.82 Å². The summed E-state index contributed by atoms with van der Waals surface area (Å²) in [7, 11) is 0. The van der Waals surface area contributed by atoms with Crippen molar-refractivity contribution < 1.29 is 0 Å². The number of hydrogen-bond acceptors (Lipinski definition) is 4. The number of aromatic amines is 1. The summed E-state index contributed by atoms with van der Waals surface area (Å²) in [4.78, 5) is 2.25. The number of H-pyrrole nitrogens is 1. The van der Waals surface area contributed by atoms with Gasteiger partial charge in [0.05, 0.1) is 17.3 Å². The highest BCUT2D eigenvalue weighted by Crippen LogP contribution is 2.24. The van der Waals surface area contributed by atoms with Crippen molar-refractivity contribution in [3.8, 4) is 17.3 Å². The normalized spacial score (nSPS) is 16.1. The monoisotopic (exact) mass is 267 g/mol. The first-order chi connectivity index (χ1) is 9.76. The molecule has 1 saturated heterocycles. The Morgan fingerprint density at radius 3 is 2.85 bits per heavy atom.